The van der Waals surface area contributed by atoms with Gasteiger partial charge in [-0.25, -0.2) is 0 Å². The van der Waals surface area contributed by atoms with Crippen molar-refractivity contribution in [3.8, 4) is 0 Å². The number of amides is 1. The molecule has 16 heavy (non-hydrogen) atoms. The Morgan fingerprint density at radius 2 is 2.19 bits per heavy atom. The van der Waals surface area contributed by atoms with Gasteiger partial charge in [0.15, 0.2) is 0 Å². The molecule has 1 amide bonds. The zero-order valence-corrected chi connectivity index (χ0v) is 11.6. The van der Waals surface area contributed by atoms with Crippen LogP contribution in [0.3, 0.4) is 0 Å². The maximum Gasteiger partial charge on any atom is 0.239 e. The van der Waals surface area contributed by atoms with E-state index in [0.717, 1.165) is 25.3 Å². The molecule has 0 spiro atoms. The fourth-order valence-electron chi connectivity index (χ4n) is 1.91. The molecule has 0 saturated carbocycles. The molecule has 0 radical (unpaired) electrons. The van der Waals surface area contributed by atoms with E-state index < -0.39 is 0 Å². The maximum atomic E-state index is 12.2. The van der Waals surface area contributed by atoms with Gasteiger partial charge < -0.3 is 10.6 Å². The second-order valence-electron chi connectivity index (χ2n) is 5.28. The number of rotatable bonds is 3. The first-order valence-corrected chi connectivity index (χ1v) is 7.04. The highest BCUT2D eigenvalue weighted by Crippen LogP contribution is 2.29. The minimum atomic E-state index is -0.330. The Morgan fingerprint density at radius 3 is 2.69 bits per heavy atom. The molecule has 1 saturated heterocycles. The van der Waals surface area contributed by atoms with Gasteiger partial charge in [-0.15, -0.1) is 0 Å². The van der Waals surface area contributed by atoms with E-state index in [-0.39, 0.29) is 22.6 Å². The summed E-state index contributed by atoms with van der Waals surface area (Å²) in [4.78, 5) is 14.1. The lowest BCUT2D eigenvalue weighted by Gasteiger charge is -2.39. The van der Waals surface area contributed by atoms with E-state index in [4.69, 9.17) is 5.73 Å². The molecule has 4 heteroatoms. The van der Waals surface area contributed by atoms with Crippen LogP contribution in [0.1, 0.15) is 34.1 Å². The molecule has 2 atom stereocenters. The van der Waals surface area contributed by atoms with Gasteiger partial charge in [-0.1, -0.05) is 20.3 Å². The van der Waals surface area contributed by atoms with E-state index in [1.165, 1.54) is 0 Å². The Bertz CT molecular complexity index is 255. The average molecular weight is 244 g/mol. The molecule has 2 unspecified atom stereocenters. The van der Waals surface area contributed by atoms with E-state index in [9.17, 15) is 4.79 Å². The van der Waals surface area contributed by atoms with Crippen molar-refractivity contribution in [1.29, 1.82) is 0 Å². The summed E-state index contributed by atoms with van der Waals surface area (Å²) in [5, 5.41) is 0. The normalized spacial score (nSPS) is 23.9. The van der Waals surface area contributed by atoms with Crippen LogP contribution in [0.2, 0.25) is 0 Å². The third kappa shape index (κ3) is 3.39. The Labute approximate surface area is 103 Å². The van der Waals surface area contributed by atoms with Gasteiger partial charge >= 0.3 is 0 Å². The number of hydrogen-bond acceptors (Lipinski definition) is 3. The lowest BCUT2D eigenvalue weighted by Crippen LogP contribution is -2.53. The molecule has 1 rings (SSSR count). The molecule has 0 aliphatic carbocycles. The van der Waals surface area contributed by atoms with Crippen LogP contribution in [0.4, 0.5) is 0 Å². The third-order valence-electron chi connectivity index (χ3n) is 3.28. The molecule has 0 aromatic carbocycles. The lowest BCUT2D eigenvalue weighted by molar-refractivity contribution is -0.134. The third-order valence-corrected chi connectivity index (χ3v) is 4.58. The molecule has 1 aliphatic heterocycles. The van der Waals surface area contributed by atoms with Gasteiger partial charge in [-0.2, -0.15) is 11.8 Å². The van der Waals surface area contributed by atoms with Crippen molar-refractivity contribution in [2.75, 3.05) is 18.8 Å². The van der Waals surface area contributed by atoms with Crippen molar-refractivity contribution < 1.29 is 4.79 Å². The van der Waals surface area contributed by atoms with Crippen LogP contribution < -0.4 is 5.73 Å². The number of nitrogens with two attached hydrogens (primary N) is 1. The highest BCUT2D eigenvalue weighted by atomic mass is 32.2. The zero-order chi connectivity index (χ0) is 12.3. The van der Waals surface area contributed by atoms with Crippen LogP contribution in [-0.4, -0.2) is 40.4 Å². The minimum absolute atomic E-state index is 0.128. The molecule has 94 valence electrons. The van der Waals surface area contributed by atoms with Crippen LogP contribution in [0.25, 0.3) is 0 Å². The molecule has 1 aliphatic rings. The van der Waals surface area contributed by atoms with E-state index in [1.807, 2.05) is 23.6 Å². The summed E-state index contributed by atoms with van der Waals surface area (Å²) in [6.07, 6.45) is 0.957. The standard InChI is InChI=1S/C12H24N2OS/c1-5-9(2)10(13)11(15)14-6-7-16-12(3,4)8-14/h9-10H,5-8,13H2,1-4H3. The number of nitrogens with zero attached hydrogens (tertiary/aromatic N) is 1. The molecule has 2 N–H and O–H groups in total. The van der Waals surface area contributed by atoms with Gasteiger partial charge in [-0.05, 0) is 19.8 Å². The summed E-state index contributed by atoms with van der Waals surface area (Å²) in [5.74, 6) is 1.42. The van der Waals surface area contributed by atoms with Gasteiger partial charge in [0.05, 0.1) is 6.04 Å². The van der Waals surface area contributed by atoms with Crippen molar-refractivity contribution in [1.82, 2.24) is 4.90 Å². The SMILES string of the molecule is CCC(C)C(N)C(=O)N1CCSC(C)(C)C1. The largest absolute Gasteiger partial charge is 0.339 e. The van der Waals surface area contributed by atoms with Crippen molar-refractivity contribution >= 4 is 17.7 Å². The van der Waals surface area contributed by atoms with E-state index >= 15 is 0 Å². The predicted octanol–water partition coefficient (Wildman–Crippen LogP) is 1.71. The Hall–Kier alpha value is -0.220. The number of carbonyl (C=O) groups excluding carboxylic acids is 1. The second-order valence-corrected chi connectivity index (χ2v) is 7.08. The van der Waals surface area contributed by atoms with Crippen LogP contribution >= 0.6 is 11.8 Å². The first-order valence-electron chi connectivity index (χ1n) is 6.05. The molecule has 0 aromatic heterocycles. The molecular formula is C12H24N2OS. The van der Waals surface area contributed by atoms with Crippen molar-refractivity contribution in [2.45, 2.75) is 44.9 Å². The Balaban J connectivity index is 2.60. The zero-order valence-electron chi connectivity index (χ0n) is 10.8. The van der Waals surface area contributed by atoms with Crippen molar-refractivity contribution in [3.05, 3.63) is 0 Å². The Kier molecular flexibility index (Phi) is 4.68. The van der Waals surface area contributed by atoms with Gasteiger partial charge in [0, 0.05) is 23.6 Å². The quantitative estimate of drug-likeness (QED) is 0.822. The molecule has 1 heterocycles. The van der Waals surface area contributed by atoms with Gasteiger partial charge in [-0.3, -0.25) is 4.79 Å². The monoisotopic (exact) mass is 244 g/mol. The van der Waals surface area contributed by atoms with Crippen molar-refractivity contribution in [3.63, 3.8) is 0 Å². The summed E-state index contributed by atoms with van der Waals surface area (Å²) in [5.41, 5.74) is 5.99. The van der Waals surface area contributed by atoms with Gasteiger partial charge in [0.1, 0.15) is 0 Å². The number of carbonyl (C=O) groups is 1. The predicted molar refractivity (Wildman–Crippen MR) is 70.5 cm³/mol. The number of thioether (sulfide) groups is 1. The van der Waals surface area contributed by atoms with E-state index in [1.54, 1.807) is 0 Å². The summed E-state index contributed by atoms with van der Waals surface area (Å²) >= 11 is 1.93. The topological polar surface area (TPSA) is 46.3 Å². The Morgan fingerprint density at radius 1 is 1.56 bits per heavy atom. The lowest BCUT2D eigenvalue weighted by atomic mass is 9.98. The van der Waals surface area contributed by atoms with Crippen LogP contribution in [0.15, 0.2) is 0 Å². The summed E-state index contributed by atoms with van der Waals surface area (Å²) in [6.45, 7) is 10.2. The number of hydrogen-bond donors (Lipinski definition) is 1. The summed E-state index contributed by atoms with van der Waals surface area (Å²) < 4.78 is 0.170. The molecule has 0 aromatic rings. The molecule has 1 fully saturated rings. The summed E-state index contributed by atoms with van der Waals surface area (Å²) in [7, 11) is 0. The van der Waals surface area contributed by atoms with Crippen LogP contribution in [0, 0.1) is 5.92 Å². The van der Waals surface area contributed by atoms with Crippen LogP contribution in [-0.2, 0) is 4.79 Å². The van der Waals surface area contributed by atoms with E-state index in [0.29, 0.717) is 0 Å². The fourth-order valence-corrected chi connectivity index (χ4v) is 3.02. The molecule has 0 bridgehead atoms. The highest BCUT2D eigenvalue weighted by molar-refractivity contribution is 8.00. The first-order chi connectivity index (χ1) is 7.37. The van der Waals surface area contributed by atoms with E-state index in [2.05, 4.69) is 20.8 Å². The summed E-state index contributed by atoms with van der Waals surface area (Å²) in [6, 6.07) is -0.330. The molecular weight excluding hydrogens is 220 g/mol. The first kappa shape index (κ1) is 13.8. The fraction of sp³-hybridized carbons (Fsp3) is 0.917. The van der Waals surface area contributed by atoms with Crippen LogP contribution in [0.5, 0.6) is 0 Å². The average Bonchev–Trinajstić information content (AvgIpc) is 2.24. The highest BCUT2D eigenvalue weighted by Gasteiger charge is 2.32. The second kappa shape index (κ2) is 5.41. The molecule has 3 nitrogen and oxygen atoms in total. The minimum Gasteiger partial charge on any atom is -0.339 e. The smallest absolute Gasteiger partial charge is 0.239 e. The van der Waals surface area contributed by atoms with Gasteiger partial charge in [0.25, 0.3) is 0 Å². The van der Waals surface area contributed by atoms with Crippen molar-refractivity contribution in [2.24, 2.45) is 11.7 Å². The maximum absolute atomic E-state index is 12.2. The van der Waals surface area contributed by atoms with Gasteiger partial charge in [0.2, 0.25) is 5.91 Å².